The van der Waals surface area contributed by atoms with Gasteiger partial charge in [-0.2, -0.15) is 0 Å². The number of carbonyl (C=O) groups excluding carboxylic acids is 1. The van der Waals surface area contributed by atoms with Gasteiger partial charge in [0.1, 0.15) is 5.69 Å². The van der Waals surface area contributed by atoms with Gasteiger partial charge < -0.3 is 14.2 Å². The normalized spacial score (nSPS) is 13.5. The first-order valence-electron chi connectivity index (χ1n) is 11.3. The van der Waals surface area contributed by atoms with Crippen LogP contribution in [0.1, 0.15) is 27.3 Å². The summed E-state index contributed by atoms with van der Waals surface area (Å²) in [6.45, 7) is 2.45. The molecule has 0 saturated carbocycles. The third kappa shape index (κ3) is 3.78. The number of amides is 1. The number of rotatable bonds is 6. The number of hydrogen-bond acceptors (Lipinski definition) is 3. The Labute approximate surface area is 192 Å². The van der Waals surface area contributed by atoms with Crippen LogP contribution in [0.15, 0.2) is 65.5 Å². The van der Waals surface area contributed by atoms with E-state index in [0.29, 0.717) is 44.9 Å². The van der Waals surface area contributed by atoms with Crippen LogP contribution in [0, 0.1) is 0 Å². The van der Waals surface area contributed by atoms with Crippen LogP contribution in [-0.2, 0) is 37.8 Å². The average molecular weight is 445 g/mol. The zero-order valence-electron chi connectivity index (χ0n) is 19.0. The van der Waals surface area contributed by atoms with E-state index in [9.17, 15) is 9.59 Å². The van der Waals surface area contributed by atoms with E-state index in [1.165, 1.54) is 0 Å². The molecule has 170 valence electrons. The van der Waals surface area contributed by atoms with Gasteiger partial charge in [0.25, 0.3) is 11.5 Å². The fraction of sp³-hybridized carbons (Fsp3) is 0.308. The summed E-state index contributed by atoms with van der Waals surface area (Å²) in [6.07, 6.45) is 0.554. The molecule has 0 spiro atoms. The van der Waals surface area contributed by atoms with Crippen LogP contribution in [0.3, 0.4) is 0 Å². The molecular formula is C26H28N4O3. The number of fused-ring (bicyclic) bond motifs is 2. The minimum Gasteiger partial charge on any atom is -0.383 e. The molecule has 3 heterocycles. The molecular weight excluding hydrogens is 416 g/mol. The second-order valence-corrected chi connectivity index (χ2v) is 8.51. The molecule has 0 saturated heterocycles. The van der Waals surface area contributed by atoms with E-state index in [0.717, 1.165) is 27.7 Å². The van der Waals surface area contributed by atoms with Gasteiger partial charge in [-0.25, -0.2) is 4.68 Å². The van der Waals surface area contributed by atoms with Crippen molar-refractivity contribution in [2.75, 3.05) is 20.3 Å². The molecule has 2 aromatic heterocycles. The van der Waals surface area contributed by atoms with E-state index in [2.05, 4.69) is 12.1 Å². The van der Waals surface area contributed by atoms with Crippen LogP contribution >= 0.6 is 0 Å². The first kappa shape index (κ1) is 21.3. The van der Waals surface area contributed by atoms with Gasteiger partial charge in [-0.15, -0.1) is 0 Å². The number of hydrogen-bond donors (Lipinski definition) is 0. The van der Waals surface area contributed by atoms with Gasteiger partial charge in [0.05, 0.1) is 31.9 Å². The van der Waals surface area contributed by atoms with Crippen molar-refractivity contribution in [3.8, 4) is 0 Å². The molecule has 0 radical (unpaired) electrons. The number of ether oxygens (including phenoxy) is 1. The van der Waals surface area contributed by atoms with E-state index in [1.54, 1.807) is 11.8 Å². The second-order valence-electron chi connectivity index (χ2n) is 8.51. The number of benzene rings is 2. The minimum absolute atomic E-state index is 0.0114. The van der Waals surface area contributed by atoms with E-state index in [4.69, 9.17) is 4.74 Å². The van der Waals surface area contributed by atoms with Crippen molar-refractivity contribution in [2.24, 2.45) is 7.05 Å². The Kier molecular flexibility index (Phi) is 5.64. The lowest BCUT2D eigenvalue weighted by Gasteiger charge is -2.28. The van der Waals surface area contributed by atoms with Crippen LogP contribution in [0.2, 0.25) is 0 Å². The molecule has 0 N–H and O–H groups in total. The summed E-state index contributed by atoms with van der Waals surface area (Å²) >= 11 is 0. The summed E-state index contributed by atoms with van der Waals surface area (Å²) in [5, 5.41) is 1.05. The Morgan fingerprint density at radius 3 is 2.55 bits per heavy atom. The minimum atomic E-state index is -0.0114. The summed E-state index contributed by atoms with van der Waals surface area (Å²) in [5.41, 5.74) is 4.55. The van der Waals surface area contributed by atoms with Gasteiger partial charge in [0.2, 0.25) is 0 Å². The van der Waals surface area contributed by atoms with Crippen molar-refractivity contribution >= 4 is 16.8 Å². The van der Waals surface area contributed by atoms with Crippen LogP contribution in [0.5, 0.6) is 0 Å². The first-order valence-corrected chi connectivity index (χ1v) is 11.3. The maximum absolute atomic E-state index is 13.5. The van der Waals surface area contributed by atoms with Gasteiger partial charge >= 0.3 is 0 Å². The maximum atomic E-state index is 13.5. The zero-order chi connectivity index (χ0) is 22.9. The first-order chi connectivity index (χ1) is 16.1. The Hall–Kier alpha value is -3.58. The summed E-state index contributed by atoms with van der Waals surface area (Å²) in [5.74, 6) is -0.0114. The monoisotopic (exact) mass is 444 g/mol. The fourth-order valence-corrected chi connectivity index (χ4v) is 4.79. The highest BCUT2D eigenvalue weighted by atomic mass is 16.5. The third-order valence-corrected chi connectivity index (χ3v) is 6.56. The number of aryl methyl sites for hydroxylation is 1. The Morgan fingerprint density at radius 2 is 1.79 bits per heavy atom. The summed E-state index contributed by atoms with van der Waals surface area (Å²) in [6, 6.07) is 20.0. The predicted octanol–water partition coefficient (Wildman–Crippen LogP) is 3.03. The molecule has 2 aromatic carbocycles. The van der Waals surface area contributed by atoms with Crippen LogP contribution in [0.25, 0.3) is 10.9 Å². The van der Waals surface area contributed by atoms with Crippen LogP contribution in [0.4, 0.5) is 0 Å². The molecule has 0 atom stereocenters. The number of aromatic nitrogens is 3. The molecule has 0 aliphatic carbocycles. The standard InChI is InChI=1S/C26H28N4O3/c1-27-22-11-7-6-10-20(22)16-23(27)26(32)28-13-12-21-24(18-28)30(17-19-8-4-3-5-9-19)29(25(21)31)14-15-33-2/h3-11,16H,12-15,17-18H2,1-2H3. The molecule has 33 heavy (non-hydrogen) atoms. The Bertz CT molecular complexity index is 1360. The largest absolute Gasteiger partial charge is 0.383 e. The zero-order valence-corrected chi connectivity index (χ0v) is 19.0. The molecule has 0 bridgehead atoms. The Balaban J connectivity index is 1.51. The highest BCUT2D eigenvalue weighted by molar-refractivity contribution is 5.98. The lowest BCUT2D eigenvalue weighted by Crippen LogP contribution is -2.38. The lowest BCUT2D eigenvalue weighted by molar-refractivity contribution is 0.0719. The molecule has 0 fully saturated rings. The molecule has 7 nitrogen and oxygen atoms in total. The molecule has 4 aromatic rings. The van der Waals surface area contributed by atoms with Crippen molar-refractivity contribution < 1.29 is 9.53 Å². The summed E-state index contributed by atoms with van der Waals surface area (Å²) < 4.78 is 11.0. The van der Waals surface area contributed by atoms with Crippen molar-refractivity contribution in [3.63, 3.8) is 0 Å². The fourth-order valence-electron chi connectivity index (χ4n) is 4.79. The predicted molar refractivity (Wildman–Crippen MR) is 127 cm³/mol. The smallest absolute Gasteiger partial charge is 0.270 e. The summed E-state index contributed by atoms with van der Waals surface area (Å²) in [4.78, 5) is 28.6. The molecule has 1 aliphatic heterocycles. The molecule has 0 unspecified atom stereocenters. The topological polar surface area (TPSA) is 61.4 Å². The van der Waals surface area contributed by atoms with E-state index >= 15 is 0 Å². The Morgan fingerprint density at radius 1 is 1.03 bits per heavy atom. The highest BCUT2D eigenvalue weighted by Gasteiger charge is 2.30. The van der Waals surface area contributed by atoms with E-state index < -0.39 is 0 Å². The summed E-state index contributed by atoms with van der Waals surface area (Å²) in [7, 11) is 3.57. The molecule has 1 aliphatic rings. The molecule has 7 heteroatoms. The number of carbonyl (C=O) groups is 1. The van der Waals surface area contributed by atoms with Crippen molar-refractivity contribution in [1.29, 1.82) is 0 Å². The third-order valence-electron chi connectivity index (χ3n) is 6.56. The van der Waals surface area contributed by atoms with Crippen LogP contribution < -0.4 is 5.56 Å². The van der Waals surface area contributed by atoms with Crippen molar-refractivity contribution in [3.05, 3.63) is 93.5 Å². The number of methoxy groups -OCH3 is 1. The maximum Gasteiger partial charge on any atom is 0.270 e. The van der Waals surface area contributed by atoms with Crippen LogP contribution in [-0.4, -0.2) is 45.0 Å². The quantitative estimate of drug-likeness (QED) is 0.459. The van der Waals surface area contributed by atoms with Gasteiger partial charge in [0.15, 0.2) is 0 Å². The van der Waals surface area contributed by atoms with Gasteiger partial charge in [-0.3, -0.25) is 14.3 Å². The van der Waals surface area contributed by atoms with E-state index in [-0.39, 0.29) is 11.5 Å². The second kappa shape index (κ2) is 8.75. The van der Waals surface area contributed by atoms with E-state index in [1.807, 2.05) is 69.7 Å². The van der Waals surface area contributed by atoms with Gasteiger partial charge in [-0.05, 0) is 24.1 Å². The lowest BCUT2D eigenvalue weighted by atomic mass is 10.1. The molecule has 1 amide bonds. The van der Waals surface area contributed by atoms with Gasteiger partial charge in [-0.1, -0.05) is 48.5 Å². The number of nitrogens with zero attached hydrogens (tertiary/aromatic N) is 4. The SMILES string of the molecule is COCCn1c(=O)c2c(n1Cc1ccccc1)CN(C(=O)c1cc3ccccc3n1C)CC2. The van der Waals surface area contributed by atoms with Crippen molar-refractivity contribution in [1.82, 2.24) is 18.8 Å². The molecule has 5 rings (SSSR count). The average Bonchev–Trinajstić information content (AvgIpc) is 3.32. The highest BCUT2D eigenvalue weighted by Crippen LogP contribution is 2.24. The van der Waals surface area contributed by atoms with Crippen molar-refractivity contribution in [2.45, 2.75) is 26.1 Å². The van der Waals surface area contributed by atoms with Gasteiger partial charge in [0, 0.05) is 37.2 Å². The number of para-hydroxylation sites is 1.